The third-order valence-corrected chi connectivity index (χ3v) is 8.02. The number of hydrogen-bond acceptors (Lipinski definition) is 7. The Bertz CT molecular complexity index is 1610. The molecule has 3 heterocycles. The number of rotatable bonds is 7. The Morgan fingerprint density at radius 2 is 1.85 bits per heavy atom. The van der Waals surface area contributed by atoms with Gasteiger partial charge >= 0.3 is 0 Å². The molecule has 0 radical (unpaired) electrons. The minimum atomic E-state index is -0.601. The molecule has 1 saturated heterocycles. The van der Waals surface area contributed by atoms with Gasteiger partial charge in [-0.2, -0.15) is 4.98 Å². The van der Waals surface area contributed by atoms with Crippen LogP contribution in [0.4, 0.5) is 11.6 Å². The van der Waals surface area contributed by atoms with Crippen LogP contribution in [0.15, 0.2) is 59.7 Å². The quantitative estimate of drug-likeness (QED) is 0.334. The number of likely N-dealkylation sites (tertiary alicyclic amines) is 1. The van der Waals surface area contributed by atoms with E-state index in [4.69, 9.17) is 9.82 Å². The Kier molecular flexibility index (Phi) is 7.32. The maximum atomic E-state index is 13.3. The minimum Gasteiger partial charge on any atom is -0.324 e. The number of aryl methyl sites for hydroxylation is 2. The Morgan fingerprint density at radius 1 is 1.07 bits per heavy atom. The van der Waals surface area contributed by atoms with E-state index in [2.05, 4.69) is 64.1 Å². The molecule has 1 aliphatic carbocycles. The molecule has 4 aromatic rings. The third-order valence-electron chi connectivity index (χ3n) is 8.02. The topological polar surface area (TPSA) is 101 Å². The van der Waals surface area contributed by atoms with Crippen molar-refractivity contribution in [2.45, 2.75) is 44.9 Å². The van der Waals surface area contributed by atoms with Gasteiger partial charge in [-0.05, 0) is 106 Å². The molecule has 1 amide bonds. The number of fused-ring (bicyclic) bond motifs is 2. The number of carbonyl (C=O) groups is 1. The van der Waals surface area contributed by atoms with E-state index < -0.39 is 11.3 Å². The van der Waals surface area contributed by atoms with Crippen LogP contribution in [0.5, 0.6) is 0 Å². The Balaban J connectivity index is 1.36. The lowest BCUT2D eigenvalue weighted by Gasteiger charge is -2.29. The lowest BCUT2D eigenvalue weighted by Crippen LogP contribution is -2.30. The first-order chi connectivity index (χ1) is 19.5. The van der Waals surface area contributed by atoms with Crippen molar-refractivity contribution in [2.75, 3.05) is 32.1 Å². The first kappa shape index (κ1) is 26.2. The summed E-state index contributed by atoms with van der Waals surface area (Å²) in [6.45, 7) is 4.29. The van der Waals surface area contributed by atoms with Gasteiger partial charge in [0.2, 0.25) is 11.4 Å². The largest absolute Gasteiger partial charge is 0.324 e. The molecule has 9 heteroatoms. The minimum absolute atomic E-state index is 0.0322. The fourth-order valence-corrected chi connectivity index (χ4v) is 5.74. The molecule has 6 rings (SSSR count). The standard InChI is InChI=1S/C31H34N6O3/c1-3-40-35-30(39)27-19-37(25-12-9-20-5-4-6-23(20)17-25)29-26(28(27)38)18-32-31(34-29)33-24-10-7-21(8-11-24)22-13-15-36(2)16-14-22/h7-12,17-19,22H,3-6,13-16H2,1-2H3,(H,35,39)(H,32,33,34). The Labute approximate surface area is 233 Å². The van der Waals surface area contributed by atoms with Crippen LogP contribution in [-0.4, -0.2) is 52.1 Å². The van der Waals surface area contributed by atoms with Crippen LogP contribution in [0.2, 0.25) is 0 Å². The van der Waals surface area contributed by atoms with E-state index in [1.54, 1.807) is 17.7 Å². The van der Waals surface area contributed by atoms with Gasteiger partial charge < -0.3 is 14.8 Å². The number of hydroxylamine groups is 1. The summed E-state index contributed by atoms with van der Waals surface area (Å²) in [6, 6.07) is 14.7. The summed E-state index contributed by atoms with van der Waals surface area (Å²) in [5, 5.41) is 3.55. The lowest BCUT2D eigenvalue weighted by atomic mass is 9.89. The molecule has 0 atom stereocenters. The van der Waals surface area contributed by atoms with Gasteiger partial charge in [-0.3, -0.25) is 14.4 Å². The van der Waals surface area contributed by atoms with Gasteiger partial charge in [0, 0.05) is 23.8 Å². The number of benzene rings is 2. The van der Waals surface area contributed by atoms with Crippen LogP contribution in [0.3, 0.4) is 0 Å². The highest BCUT2D eigenvalue weighted by molar-refractivity contribution is 5.96. The summed E-state index contributed by atoms with van der Waals surface area (Å²) in [7, 11) is 2.17. The van der Waals surface area contributed by atoms with Crippen molar-refractivity contribution < 1.29 is 9.63 Å². The SMILES string of the molecule is CCONC(=O)c1cn(-c2ccc3c(c2)CCC3)c2nc(Nc3ccc(C4CCN(C)CC4)cc3)ncc2c1=O. The number of nitrogens with one attached hydrogen (secondary N) is 2. The van der Waals surface area contributed by atoms with E-state index in [1.807, 2.05) is 6.07 Å². The van der Waals surface area contributed by atoms with Crippen molar-refractivity contribution in [3.63, 3.8) is 0 Å². The molecule has 0 spiro atoms. The van der Waals surface area contributed by atoms with Gasteiger partial charge in [-0.15, -0.1) is 0 Å². The molecule has 2 N–H and O–H groups in total. The van der Waals surface area contributed by atoms with E-state index >= 15 is 0 Å². The first-order valence-corrected chi connectivity index (χ1v) is 14.0. The molecular weight excluding hydrogens is 504 g/mol. The Morgan fingerprint density at radius 3 is 2.62 bits per heavy atom. The van der Waals surface area contributed by atoms with E-state index in [1.165, 1.54) is 35.7 Å². The molecule has 40 heavy (non-hydrogen) atoms. The first-order valence-electron chi connectivity index (χ1n) is 14.0. The molecule has 0 unspecified atom stereocenters. The van der Waals surface area contributed by atoms with Gasteiger partial charge in [0.15, 0.2) is 5.65 Å². The number of piperidine rings is 1. The lowest BCUT2D eigenvalue weighted by molar-refractivity contribution is 0.0363. The van der Waals surface area contributed by atoms with Crippen molar-refractivity contribution in [3.05, 3.63) is 87.3 Å². The van der Waals surface area contributed by atoms with E-state index in [0.717, 1.165) is 43.7 Å². The van der Waals surface area contributed by atoms with Crippen LogP contribution in [0.1, 0.15) is 59.2 Å². The highest BCUT2D eigenvalue weighted by Gasteiger charge is 2.21. The predicted octanol–water partition coefficient (Wildman–Crippen LogP) is 4.50. The second kappa shape index (κ2) is 11.2. The second-order valence-electron chi connectivity index (χ2n) is 10.7. The molecule has 206 valence electrons. The highest BCUT2D eigenvalue weighted by atomic mass is 16.6. The van der Waals surface area contributed by atoms with Gasteiger partial charge in [-0.25, -0.2) is 10.5 Å². The van der Waals surface area contributed by atoms with Crippen molar-refractivity contribution in [2.24, 2.45) is 0 Å². The number of pyridine rings is 1. The number of carbonyl (C=O) groups excluding carboxylic acids is 1. The van der Waals surface area contributed by atoms with Crippen LogP contribution in [0, 0.1) is 0 Å². The van der Waals surface area contributed by atoms with Crippen molar-refractivity contribution in [1.29, 1.82) is 0 Å². The van der Waals surface area contributed by atoms with Crippen LogP contribution in [-0.2, 0) is 17.7 Å². The zero-order chi connectivity index (χ0) is 27.6. The van der Waals surface area contributed by atoms with Crippen LogP contribution < -0.4 is 16.2 Å². The molecule has 1 aliphatic heterocycles. The summed E-state index contributed by atoms with van der Waals surface area (Å²) in [5.41, 5.74) is 7.96. The Hall–Kier alpha value is -4.08. The maximum Gasteiger partial charge on any atom is 0.280 e. The molecule has 1 fully saturated rings. The zero-order valence-corrected chi connectivity index (χ0v) is 22.9. The van der Waals surface area contributed by atoms with Gasteiger partial charge in [0.05, 0.1) is 12.0 Å². The predicted molar refractivity (Wildman–Crippen MR) is 155 cm³/mol. The number of amides is 1. The normalized spacial score (nSPS) is 15.8. The van der Waals surface area contributed by atoms with Gasteiger partial charge in [0.25, 0.3) is 5.91 Å². The fraction of sp³-hybridized carbons (Fsp3) is 0.355. The highest BCUT2D eigenvalue weighted by Crippen LogP contribution is 2.29. The molecule has 2 aromatic heterocycles. The number of aromatic nitrogens is 3. The maximum absolute atomic E-state index is 13.3. The summed E-state index contributed by atoms with van der Waals surface area (Å²) in [5.74, 6) is 0.356. The fourth-order valence-electron chi connectivity index (χ4n) is 5.74. The van der Waals surface area contributed by atoms with Crippen molar-refractivity contribution >= 4 is 28.6 Å². The summed E-state index contributed by atoms with van der Waals surface area (Å²) >= 11 is 0. The molecule has 0 bridgehead atoms. The third kappa shape index (κ3) is 5.22. The second-order valence-corrected chi connectivity index (χ2v) is 10.7. The molecule has 2 aromatic carbocycles. The molecule has 2 aliphatic rings. The summed E-state index contributed by atoms with van der Waals surface area (Å²) in [4.78, 5) is 42.8. The van der Waals surface area contributed by atoms with E-state index in [0.29, 0.717) is 17.5 Å². The monoisotopic (exact) mass is 538 g/mol. The van der Waals surface area contributed by atoms with Crippen molar-refractivity contribution in [3.8, 4) is 5.69 Å². The summed E-state index contributed by atoms with van der Waals surface area (Å²) in [6.07, 6.45) is 8.57. The molecular formula is C31H34N6O3. The summed E-state index contributed by atoms with van der Waals surface area (Å²) < 4.78 is 1.80. The smallest absolute Gasteiger partial charge is 0.280 e. The van der Waals surface area contributed by atoms with E-state index in [9.17, 15) is 9.59 Å². The number of hydrogen-bond donors (Lipinski definition) is 2. The van der Waals surface area contributed by atoms with Gasteiger partial charge in [0.1, 0.15) is 5.56 Å². The zero-order valence-electron chi connectivity index (χ0n) is 22.9. The van der Waals surface area contributed by atoms with Crippen LogP contribution in [0.25, 0.3) is 16.7 Å². The average Bonchev–Trinajstić information content (AvgIpc) is 3.45. The van der Waals surface area contributed by atoms with Crippen molar-refractivity contribution in [1.82, 2.24) is 24.9 Å². The van der Waals surface area contributed by atoms with E-state index in [-0.39, 0.29) is 17.6 Å². The average molecular weight is 539 g/mol. The number of anilines is 2. The number of nitrogens with zero attached hydrogens (tertiary/aromatic N) is 4. The van der Waals surface area contributed by atoms with Crippen LogP contribution >= 0.6 is 0 Å². The van der Waals surface area contributed by atoms with Gasteiger partial charge in [-0.1, -0.05) is 18.2 Å². The molecule has 9 nitrogen and oxygen atoms in total. The molecule has 0 saturated carbocycles.